The van der Waals surface area contributed by atoms with Gasteiger partial charge in [0.1, 0.15) is 0 Å². The molecule has 6 nitrogen and oxygen atoms in total. The molecule has 0 fully saturated rings. The molecule has 2 aromatic heterocycles. The van der Waals surface area contributed by atoms with Crippen molar-refractivity contribution in [2.75, 3.05) is 13.1 Å². The van der Waals surface area contributed by atoms with Gasteiger partial charge < -0.3 is 10.4 Å². The minimum Gasteiger partial charge on any atom is -0.390 e. The van der Waals surface area contributed by atoms with Crippen LogP contribution in [-0.2, 0) is 20.0 Å². The quantitative estimate of drug-likeness (QED) is 0.667. The maximum Gasteiger partial charge on any atom is 0.0860 e. The summed E-state index contributed by atoms with van der Waals surface area (Å²) in [6.07, 6.45) is 5.93. The summed E-state index contributed by atoms with van der Waals surface area (Å²) in [4.78, 5) is 0. The molecule has 0 saturated carbocycles. The van der Waals surface area contributed by atoms with Gasteiger partial charge in [-0.1, -0.05) is 0 Å². The lowest BCUT2D eigenvalue weighted by molar-refractivity contribution is 0.147. The summed E-state index contributed by atoms with van der Waals surface area (Å²) in [7, 11) is 1.91. The molecule has 0 spiro atoms. The molecule has 2 rings (SSSR count). The molecule has 0 amide bonds. The van der Waals surface area contributed by atoms with E-state index in [0.29, 0.717) is 13.1 Å². The Morgan fingerprint density at radius 3 is 3.00 bits per heavy atom. The molecule has 0 bridgehead atoms. The fourth-order valence-electron chi connectivity index (χ4n) is 1.77. The number of rotatable bonds is 7. The van der Waals surface area contributed by atoms with Crippen LogP contribution in [0, 0.1) is 0 Å². The van der Waals surface area contributed by atoms with Gasteiger partial charge in [0.25, 0.3) is 0 Å². The Morgan fingerprint density at radius 2 is 2.33 bits per heavy atom. The predicted molar refractivity (Wildman–Crippen MR) is 68.0 cm³/mol. The summed E-state index contributed by atoms with van der Waals surface area (Å²) in [5, 5.41) is 21.3. The van der Waals surface area contributed by atoms with E-state index >= 15 is 0 Å². The maximum atomic E-state index is 9.78. The average Bonchev–Trinajstić information content (AvgIpc) is 2.96. The summed E-state index contributed by atoms with van der Waals surface area (Å²) in [5.41, 5.74) is 1.06. The van der Waals surface area contributed by atoms with E-state index in [-0.39, 0.29) is 0 Å². The average molecular weight is 249 g/mol. The third kappa shape index (κ3) is 3.97. The third-order valence-electron chi connectivity index (χ3n) is 2.66. The van der Waals surface area contributed by atoms with Gasteiger partial charge in [-0.3, -0.25) is 9.36 Å². The Morgan fingerprint density at radius 1 is 1.44 bits per heavy atom. The first-order valence-corrected chi connectivity index (χ1v) is 6.09. The molecule has 0 aromatic carbocycles. The van der Waals surface area contributed by atoms with E-state index in [2.05, 4.69) is 15.5 Å². The fraction of sp³-hybridized carbons (Fsp3) is 0.500. The normalized spacial score (nSPS) is 12.8. The van der Waals surface area contributed by atoms with Crippen LogP contribution in [0.5, 0.6) is 0 Å². The van der Waals surface area contributed by atoms with Crippen molar-refractivity contribution in [2.45, 2.75) is 19.1 Å². The Kier molecular flexibility index (Phi) is 4.49. The smallest absolute Gasteiger partial charge is 0.0860 e. The van der Waals surface area contributed by atoms with Crippen LogP contribution in [0.1, 0.15) is 5.69 Å². The summed E-state index contributed by atoms with van der Waals surface area (Å²) in [6.45, 7) is 1.89. The number of aliphatic hydroxyl groups excluding tert-OH is 1. The van der Waals surface area contributed by atoms with Gasteiger partial charge in [-0.25, -0.2) is 0 Å². The highest BCUT2D eigenvalue weighted by Crippen LogP contribution is 1.94. The molecule has 0 aliphatic carbocycles. The SMILES string of the molecule is Cn1ccc(CCNCC(O)Cn2cccn2)n1. The number of aliphatic hydroxyl groups is 1. The Balaban J connectivity index is 1.60. The van der Waals surface area contributed by atoms with E-state index in [1.807, 2.05) is 31.6 Å². The first kappa shape index (κ1) is 12.8. The van der Waals surface area contributed by atoms with Gasteiger partial charge >= 0.3 is 0 Å². The molecule has 0 radical (unpaired) electrons. The second kappa shape index (κ2) is 6.32. The van der Waals surface area contributed by atoms with Crippen LogP contribution >= 0.6 is 0 Å². The second-order valence-corrected chi connectivity index (χ2v) is 4.32. The van der Waals surface area contributed by atoms with Gasteiger partial charge in [0.15, 0.2) is 0 Å². The molecule has 98 valence electrons. The van der Waals surface area contributed by atoms with Crippen molar-refractivity contribution in [3.63, 3.8) is 0 Å². The first-order valence-electron chi connectivity index (χ1n) is 6.09. The van der Waals surface area contributed by atoms with Crippen LogP contribution in [0.4, 0.5) is 0 Å². The highest BCUT2D eigenvalue weighted by atomic mass is 16.3. The van der Waals surface area contributed by atoms with Crippen LogP contribution in [0.3, 0.4) is 0 Å². The summed E-state index contributed by atoms with van der Waals surface area (Å²) >= 11 is 0. The van der Waals surface area contributed by atoms with Crippen molar-refractivity contribution >= 4 is 0 Å². The van der Waals surface area contributed by atoms with Gasteiger partial charge in [-0.05, 0) is 12.1 Å². The highest BCUT2D eigenvalue weighted by molar-refractivity contribution is 4.98. The van der Waals surface area contributed by atoms with Crippen molar-refractivity contribution in [1.29, 1.82) is 0 Å². The predicted octanol–water partition coefficient (Wildman–Crippen LogP) is -0.190. The van der Waals surface area contributed by atoms with E-state index in [9.17, 15) is 5.11 Å². The molecule has 18 heavy (non-hydrogen) atoms. The van der Waals surface area contributed by atoms with E-state index < -0.39 is 6.10 Å². The summed E-state index contributed by atoms with van der Waals surface area (Å²) in [6, 6.07) is 3.85. The molecule has 0 aliphatic heterocycles. The third-order valence-corrected chi connectivity index (χ3v) is 2.66. The zero-order valence-corrected chi connectivity index (χ0v) is 10.5. The fourth-order valence-corrected chi connectivity index (χ4v) is 1.77. The van der Waals surface area contributed by atoms with Crippen LogP contribution in [0.2, 0.25) is 0 Å². The van der Waals surface area contributed by atoms with Crippen LogP contribution in [-0.4, -0.2) is 43.9 Å². The Bertz CT molecular complexity index is 451. The highest BCUT2D eigenvalue weighted by Gasteiger charge is 2.04. The lowest BCUT2D eigenvalue weighted by Gasteiger charge is -2.11. The molecular formula is C12H19N5O. The summed E-state index contributed by atoms with van der Waals surface area (Å²) < 4.78 is 3.52. The van der Waals surface area contributed by atoms with Crippen LogP contribution < -0.4 is 5.32 Å². The van der Waals surface area contributed by atoms with Gasteiger partial charge in [0.2, 0.25) is 0 Å². The first-order chi connectivity index (χ1) is 8.74. The number of aromatic nitrogens is 4. The van der Waals surface area contributed by atoms with E-state index in [1.54, 1.807) is 15.6 Å². The monoisotopic (exact) mass is 249 g/mol. The van der Waals surface area contributed by atoms with Crippen molar-refractivity contribution in [3.05, 3.63) is 36.4 Å². The lowest BCUT2D eigenvalue weighted by Crippen LogP contribution is -2.31. The molecule has 2 aromatic rings. The molecule has 0 saturated heterocycles. The van der Waals surface area contributed by atoms with E-state index in [1.165, 1.54) is 0 Å². The molecule has 6 heteroatoms. The molecule has 0 aliphatic rings. The zero-order chi connectivity index (χ0) is 12.8. The van der Waals surface area contributed by atoms with Gasteiger partial charge in [0, 0.05) is 45.1 Å². The number of aryl methyl sites for hydroxylation is 1. The van der Waals surface area contributed by atoms with E-state index in [0.717, 1.165) is 18.7 Å². The maximum absolute atomic E-state index is 9.78. The largest absolute Gasteiger partial charge is 0.390 e. The lowest BCUT2D eigenvalue weighted by atomic mass is 10.3. The Hall–Kier alpha value is -1.66. The number of hydrogen-bond acceptors (Lipinski definition) is 4. The number of hydrogen-bond donors (Lipinski definition) is 2. The van der Waals surface area contributed by atoms with Crippen molar-refractivity contribution < 1.29 is 5.11 Å². The topological polar surface area (TPSA) is 67.9 Å². The van der Waals surface area contributed by atoms with Crippen molar-refractivity contribution in [3.8, 4) is 0 Å². The summed E-state index contributed by atoms with van der Waals surface area (Å²) in [5.74, 6) is 0. The second-order valence-electron chi connectivity index (χ2n) is 4.32. The number of nitrogens with one attached hydrogen (secondary N) is 1. The van der Waals surface area contributed by atoms with Crippen molar-refractivity contribution in [2.24, 2.45) is 7.05 Å². The van der Waals surface area contributed by atoms with Gasteiger partial charge in [-0.15, -0.1) is 0 Å². The standard InChI is InChI=1S/C12H19N5O/c1-16-8-4-11(15-16)3-6-13-9-12(18)10-17-7-2-5-14-17/h2,4-5,7-8,12-13,18H,3,6,9-10H2,1H3. The van der Waals surface area contributed by atoms with Crippen molar-refractivity contribution in [1.82, 2.24) is 24.9 Å². The van der Waals surface area contributed by atoms with E-state index in [4.69, 9.17) is 0 Å². The van der Waals surface area contributed by atoms with Crippen LogP contribution in [0.25, 0.3) is 0 Å². The van der Waals surface area contributed by atoms with Gasteiger partial charge in [-0.2, -0.15) is 10.2 Å². The molecule has 1 unspecified atom stereocenters. The number of nitrogens with zero attached hydrogens (tertiary/aromatic N) is 4. The minimum atomic E-state index is -0.423. The van der Waals surface area contributed by atoms with Gasteiger partial charge in [0.05, 0.1) is 18.3 Å². The Labute approximate surface area is 106 Å². The molecular weight excluding hydrogens is 230 g/mol. The molecule has 2 N–H and O–H groups in total. The molecule has 1 atom stereocenters. The minimum absolute atomic E-state index is 0.423. The molecule has 2 heterocycles. The zero-order valence-electron chi connectivity index (χ0n) is 10.5. The van der Waals surface area contributed by atoms with Crippen LogP contribution in [0.15, 0.2) is 30.7 Å².